The van der Waals surface area contributed by atoms with Crippen molar-refractivity contribution in [2.75, 3.05) is 4.90 Å². The number of hydrogen-bond donors (Lipinski definition) is 0. The van der Waals surface area contributed by atoms with E-state index in [1.54, 1.807) is 0 Å². The van der Waals surface area contributed by atoms with Crippen molar-refractivity contribution in [1.29, 1.82) is 0 Å². The predicted molar refractivity (Wildman–Crippen MR) is 179 cm³/mol. The van der Waals surface area contributed by atoms with Gasteiger partial charge in [-0.15, -0.1) is 0 Å². The van der Waals surface area contributed by atoms with Crippen LogP contribution in [0.4, 0.5) is 17.1 Å². The van der Waals surface area contributed by atoms with Gasteiger partial charge in [0.25, 0.3) is 0 Å². The van der Waals surface area contributed by atoms with E-state index >= 15 is 0 Å². The number of aryl methyl sites for hydroxylation is 3. The summed E-state index contributed by atoms with van der Waals surface area (Å²) in [6.45, 7) is 6.90. The molecule has 1 heterocycles. The van der Waals surface area contributed by atoms with Gasteiger partial charge in [-0.25, -0.2) is 0 Å². The SMILES string of the molecule is Cc1cc(C)c(B2c3cc4ccccc4cc3N(c3ccc4ccccc4c3)c3c2ccc2ccccc32)c(C)c1. The first-order valence-electron chi connectivity index (χ1n) is 14.5. The quantitative estimate of drug-likeness (QED) is 0.206. The molecule has 7 aromatic rings. The van der Waals surface area contributed by atoms with Crippen LogP contribution in [0.15, 0.2) is 127 Å². The van der Waals surface area contributed by atoms with Crippen molar-refractivity contribution < 1.29 is 0 Å². The number of benzene rings is 7. The van der Waals surface area contributed by atoms with Crippen molar-refractivity contribution in [1.82, 2.24) is 0 Å². The van der Waals surface area contributed by atoms with Gasteiger partial charge in [-0.3, -0.25) is 0 Å². The minimum atomic E-state index is 0.131. The third-order valence-electron chi connectivity index (χ3n) is 8.93. The van der Waals surface area contributed by atoms with E-state index in [0.29, 0.717) is 0 Å². The number of rotatable bonds is 2. The van der Waals surface area contributed by atoms with Crippen molar-refractivity contribution in [3.05, 3.63) is 144 Å². The lowest BCUT2D eigenvalue weighted by Gasteiger charge is -2.39. The minimum Gasteiger partial charge on any atom is -0.311 e. The van der Waals surface area contributed by atoms with E-state index in [2.05, 4.69) is 153 Å². The lowest BCUT2D eigenvalue weighted by atomic mass is 9.33. The third kappa shape index (κ3) is 3.71. The second-order valence-electron chi connectivity index (χ2n) is 11.6. The van der Waals surface area contributed by atoms with Gasteiger partial charge in [0.2, 0.25) is 6.71 Å². The Morgan fingerprint density at radius 1 is 0.488 bits per heavy atom. The fraction of sp³-hybridized carbons (Fsp3) is 0.0769. The van der Waals surface area contributed by atoms with Crippen LogP contribution in [-0.4, -0.2) is 6.71 Å². The molecule has 0 radical (unpaired) electrons. The highest BCUT2D eigenvalue weighted by Crippen LogP contribution is 2.42. The van der Waals surface area contributed by atoms with Crippen LogP contribution in [0, 0.1) is 20.8 Å². The van der Waals surface area contributed by atoms with Crippen LogP contribution in [0.2, 0.25) is 0 Å². The Labute approximate surface area is 241 Å². The van der Waals surface area contributed by atoms with Gasteiger partial charge < -0.3 is 4.90 Å². The predicted octanol–water partition coefficient (Wildman–Crippen LogP) is 8.37. The Bertz CT molecular complexity index is 2130. The number of nitrogens with zero attached hydrogens (tertiary/aromatic N) is 1. The molecule has 0 unspecified atom stereocenters. The van der Waals surface area contributed by atoms with E-state index < -0.39 is 0 Å². The van der Waals surface area contributed by atoms with Crippen molar-refractivity contribution >= 4 is 72.5 Å². The zero-order chi connectivity index (χ0) is 27.7. The molecule has 0 atom stereocenters. The largest absolute Gasteiger partial charge is 0.311 e. The van der Waals surface area contributed by atoms with Gasteiger partial charge >= 0.3 is 0 Å². The first-order valence-corrected chi connectivity index (χ1v) is 14.5. The van der Waals surface area contributed by atoms with E-state index in [0.717, 1.165) is 0 Å². The molecule has 0 aromatic heterocycles. The average Bonchev–Trinajstić information content (AvgIpc) is 2.99. The summed E-state index contributed by atoms with van der Waals surface area (Å²) >= 11 is 0. The molecule has 7 aromatic carbocycles. The van der Waals surface area contributed by atoms with Crippen molar-refractivity contribution in [3.63, 3.8) is 0 Å². The van der Waals surface area contributed by atoms with Crippen LogP contribution in [0.1, 0.15) is 16.7 Å². The fourth-order valence-corrected chi connectivity index (χ4v) is 7.25. The summed E-state index contributed by atoms with van der Waals surface area (Å²) in [4.78, 5) is 2.53. The average molecular weight is 523 g/mol. The fourth-order valence-electron chi connectivity index (χ4n) is 7.25. The third-order valence-corrected chi connectivity index (χ3v) is 8.93. The van der Waals surface area contributed by atoms with Crippen LogP contribution < -0.4 is 21.3 Å². The number of fused-ring (bicyclic) bond motifs is 6. The lowest BCUT2D eigenvalue weighted by molar-refractivity contribution is 1.31. The molecule has 41 heavy (non-hydrogen) atoms. The molecule has 0 fully saturated rings. The molecule has 0 bridgehead atoms. The number of hydrogen-bond acceptors (Lipinski definition) is 1. The van der Waals surface area contributed by atoms with Gasteiger partial charge in [0, 0.05) is 22.4 Å². The van der Waals surface area contributed by atoms with E-state index in [1.165, 1.54) is 82.5 Å². The van der Waals surface area contributed by atoms with Gasteiger partial charge in [0.15, 0.2) is 0 Å². The molecule has 0 spiro atoms. The molecule has 2 heteroatoms. The molecule has 0 amide bonds. The molecular formula is C39H30BN. The monoisotopic (exact) mass is 523 g/mol. The highest BCUT2D eigenvalue weighted by Gasteiger charge is 2.38. The molecule has 1 aliphatic rings. The summed E-state index contributed by atoms with van der Waals surface area (Å²) in [5.74, 6) is 0. The molecule has 0 N–H and O–H groups in total. The molecule has 8 rings (SSSR count). The Balaban J connectivity index is 1.53. The van der Waals surface area contributed by atoms with Crippen LogP contribution in [0.5, 0.6) is 0 Å². The van der Waals surface area contributed by atoms with Gasteiger partial charge in [-0.2, -0.15) is 0 Å². The minimum absolute atomic E-state index is 0.131. The van der Waals surface area contributed by atoms with Crippen LogP contribution >= 0.6 is 0 Å². The summed E-state index contributed by atoms with van der Waals surface area (Å²) in [6.07, 6.45) is 0. The summed E-state index contributed by atoms with van der Waals surface area (Å²) in [6, 6.07) is 47.4. The normalized spacial score (nSPS) is 12.7. The lowest BCUT2D eigenvalue weighted by Crippen LogP contribution is -2.58. The van der Waals surface area contributed by atoms with Crippen molar-refractivity contribution in [3.8, 4) is 0 Å². The topological polar surface area (TPSA) is 3.24 Å². The first kappa shape index (κ1) is 24.0. The zero-order valence-electron chi connectivity index (χ0n) is 23.6. The Morgan fingerprint density at radius 2 is 1.07 bits per heavy atom. The maximum absolute atomic E-state index is 2.53. The standard InChI is InChI=1S/C39H30BN/c1-25-20-26(2)38(27(3)21-25)40-35-19-17-29-11-8-9-15-34(29)39(35)41(33-18-16-28-10-4-5-12-30(28)22-33)37-24-32-14-7-6-13-31(32)23-36(37)40/h4-24H,1-3H3. The van der Waals surface area contributed by atoms with Gasteiger partial charge in [-0.1, -0.05) is 131 Å². The highest BCUT2D eigenvalue weighted by molar-refractivity contribution is 6.98. The molecular weight excluding hydrogens is 493 g/mol. The van der Waals surface area contributed by atoms with Crippen LogP contribution in [0.25, 0.3) is 32.3 Å². The molecule has 0 saturated carbocycles. The van der Waals surface area contributed by atoms with Crippen LogP contribution in [-0.2, 0) is 0 Å². The van der Waals surface area contributed by atoms with E-state index in [9.17, 15) is 0 Å². The van der Waals surface area contributed by atoms with Crippen molar-refractivity contribution in [2.24, 2.45) is 0 Å². The zero-order valence-corrected chi connectivity index (χ0v) is 23.6. The molecule has 0 saturated heterocycles. The van der Waals surface area contributed by atoms with E-state index in [-0.39, 0.29) is 6.71 Å². The van der Waals surface area contributed by atoms with E-state index in [4.69, 9.17) is 0 Å². The summed E-state index contributed by atoms with van der Waals surface area (Å²) in [7, 11) is 0. The summed E-state index contributed by atoms with van der Waals surface area (Å²) in [5, 5.41) is 7.59. The Morgan fingerprint density at radius 3 is 1.80 bits per heavy atom. The van der Waals surface area contributed by atoms with Crippen LogP contribution in [0.3, 0.4) is 0 Å². The second kappa shape index (κ2) is 9.11. The highest BCUT2D eigenvalue weighted by atomic mass is 15.2. The van der Waals surface area contributed by atoms with Gasteiger partial charge in [0.05, 0.1) is 0 Å². The Kier molecular flexibility index (Phi) is 5.34. The number of anilines is 3. The van der Waals surface area contributed by atoms with Gasteiger partial charge in [-0.05, 0) is 76.8 Å². The molecule has 1 nitrogen and oxygen atoms in total. The first-order chi connectivity index (χ1) is 20.1. The smallest absolute Gasteiger partial charge is 0.247 e. The maximum atomic E-state index is 2.53. The maximum Gasteiger partial charge on any atom is 0.247 e. The summed E-state index contributed by atoms with van der Waals surface area (Å²) < 4.78 is 0. The van der Waals surface area contributed by atoms with Gasteiger partial charge in [0.1, 0.15) is 0 Å². The van der Waals surface area contributed by atoms with Crippen molar-refractivity contribution in [2.45, 2.75) is 20.8 Å². The Hall–Kier alpha value is -4.82. The molecule has 0 aliphatic carbocycles. The van der Waals surface area contributed by atoms with E-state index in [1.807, 2.05) is 0 Å². The summed E-state index contributed by atoms with van der Waals surface area (Å²) in [5.41, 5.74) is 11.9. The molecule has 1 aliphatic heterocycles. The molecule has 194 valence electrons. The second-order valence-corrected chi connectivity index (χ2v) is 11.6.